The molecule has 0 radical (unpaired) electrons. The first-order valence-corrected chi connectivity index (χ1v) is 3.09. The van der Waals surface area contributed by atoms with Crippen molar-refractivity contribution in [1.29, 1.82) is 5.26 Å². The van der Waals surface area contributed by atoms with Gasteiger partial charge in [-0.3, -0.25) is 0 Å². The minimum absolute atomic E-state index is 0.475. The zero-order valence-corrected chi connectivity index (χ0v) is 5.54. The van der Waals surface area contributed by atoms with E-state index >= 15 is 0 Å². The van der Waals surface area contributed by atoms with Gasteiger partial charge in [0.2, 0.25) is 0 Å². The number of nitriles is 1. The largest absolute Gasteiger partial charge is 0.198 e. The van der Waals surface area contributed by atoms with Gasteiger partial charge in [-0.15, -0.1) is 5.73 Å². The number of allylic oxidation sites excluding steroid dienone is 5. The molecule has 0 aromatic rings. The summed E-state index contributed by atoms with van der Waals surface area (Å²) in [7, 11) is 0. The van der Waals surface area contributed by atoms with Crippen LogP contribution in [0, 0.1) is 11.3 Å². The van der Waals surface area contributed by atoms with Crippen LogP contribution < -0.4 is 0 Å². The molecule has 0 heterocycles. The van der Waals surface area contributed by atoms with E-state index in [0.717, 1.165) is 5.57 Å². The zero-order chi connectivity index (χ0) is 7.23. The van der Waals surface area contributed by atoms with Crippen LogP contribution in [0.4, 0.5) is 0 Å². The SMILES string of the molecule is N#CCC1=CC=C=CC=C1. The summed E-state index contributed by atoms with van der Waals surface area (Å²) in [4.78, 5) is 0. The van der Waals surface area contributed by atoms with Crippen LogP contribution in [-0.4, -0.2) is 0 Å². The predicted molar refractivity (Wildman–Crippen MR) is 40.1 cm³/mol. The fourth-order valence-electron chi connectivity index (χ4n) is 0.703. The van der Waals surface area contributed by atoms with Crippen molar-refractivity contribution in [2.75, 3.05) is 0 Å². The van der Waals surface area contributed by atoms with E-state index in [-0.39, 0.29) is 0 Å². The predicted octanol–water partition coefficient (Wildman–Crippen LogP) is 2.11. The highest BCUT2D eigenvalue weighted by Gasteiger charge is 1.88. The van der Waals surface area contributed by atoms with Crippen molar-refractivity contribution in [2.45, 2.75) is 6.42 Å². The summed E-state index contributed by atoms with van der Waals surface area (Å²) in [6.07, 6.45) is 9.80. The summed E-state index contributed by atoms with van der Waals surface area (Å²) >= 11 is 0. The Kier molecular flexibility index (Phi) is 2.31. The molecule has 1 nitrogen and oxygen atoms in total. The fourth-order valence-corrected chi connectivity index (χ4v) is 0.703. The molecule has 1 aliphatic carbocycles. The van der Waals surface area contributed by atoms with E-state index < -0.39 is 0 Å². The summed E-state index contributed by atoms with van der Waals surface area (Å²) in [5, 5.41) is 8.34. The van der Waals surface area contributed by atoms with E-state index in [9.17, 15) is 0 Å². The summed E-state index contributed by atoms with van der Waals surface area (Å²) in [6.45, 7) is 0. The van der Waals surface area contributed by atoms with E-state index in [2.05, 4.69) is 11.8 Å². The van der Waals surface area contributed by atoms with Gasteiger partial charge < -0.3 is 0 Å². The highest BCUT2D eigenvalue weighted by molar-refractivity contribution is 5.31. The lowest BCUT2D eigenvalue weighted by Crippen LogP contribution is -1.72. The molecule has 0 bridgehead atoms. The van der Waals surface area contributed by atoms with Gasteiger partial charge in [-0.1, -0.05) is 18.2 Å². The van der Waals surface area contributed by atoms with Gasteiger partial charge in [0.1, 0.15) is 0 Å². The van der Waals surface area contributed by atoms with Crippen LogP contribution in [-0.2, 0) is 0 Å². The molecule has 0 fully saturated rings. The van der Waals surface area contributed by atoms with Gasteiger partial charge in [0.15, 0.2) is 0 Å². The monoisotopic (exact) mass is 129 g/mol. The van der Waals surface area contributed by atoms with Gasteiger partial charge in [-0.25, -0.2) is 0 Å². The van der Waals surface area contributed by atoms with Gasteiger partial charge >= 0.3 is 0 Å². The first-order valence-electron chi connectivity index (χ1n) is 3.09. The smallest absolute Gasteiger partial charge is 0.0669 e. The molecule has 10 heavy (non-hydrogen) atoms. The number of rotatable bonds is 1. The Morgan fingerprint density at radius 3 is 3.20 bits per heavy atom. The molecule has 0 saturated carbocycles. The maximum atomic E-state index is 8.34. The van der Waals surface area contributed by atoms with E-state index in [1.807, 2.05) is 30.4 Å². The standard InChI is InChI=1S/C9H7N/c10-8-7-9-5-3-1-2-4-6-9/h1,3-6H,7H2. The molecular formula is C9H7N. The van der Waals surface area contributed by atoms with Crippen molar-refractivity contribution in [3.8, 4) is 6.07 Å². The molecule has 1 aliphatic rings. The van der Waals surface area contributed by atoms with Crippen LogP contribution in [0.1, 0.15) is 6.42 Å². The van der Waals surface area contributed by atoms with Crippen molar-refractivity contribution in [3.05, 3.63) is 41.7 Å². The molecular weight excluding hydrogens is 122 g/mol. The molecule has 48 valence electrons. The molecule has 1 rings (SSSR count). The van der Waals surface area contributed by atoms with Crippen LogP contribution in [0.15, 0.2) is 41.7 Å². The number of hydrogen-bond donors (Lipinski definition) is 0. The summed E-state index contributed by atoms with van der Waals surface area (Å²) in [6, 6.07) is 2.08. The van der Waals surface area contributed by atoms with Gasteiger partial charge in [0.25, 0.3) is 0 Å². The quantitative estimate of drug-likeness (QED) is 0.497. The van der Waals surface area contributed by atoms with Crippen molar-refractivity contribution >= 4 is 0 Å². The average Bonchev–Trinajstić information content (AvgIpc) is 2.17. The average molecular weight is 129 g/mol. The number of hydrogen-bond acceptors (Lipinski definition) is 1. The van der Waals surface area contributed by atoms with Crippen LogP contribution in [0.5, 0.6) is 0 Å². The Hall–Kier alpha value is -1.51. The third-order valence-electron chi connectivity index (χ3n) is 1.18. The van der Waals surface area contributed by atoms with E-state index in [0.29, 0.717) is 6.42 Å². The van der Waals surface area contributed by atoms with Gasteiger partial charge in [0, 0.05) is 0 Å². The van der Waals surface area contributed by atoms with Crippen LogP contribution in [0.2, 0.25) is 0 Å². The maximum Gasteiger partial charge on any atom is 0.0669 e. The molecule has 0 unspecified atom stereocenters. The Bertz CT molecular complexity index is 268. The molecule has 0 aromatic carbocycles. The van der Waals surface area contributed by atoms with Crippen LogP contribution in [0.3, 0.4) is 0 Å². The van der Waals surface area contributed by atoms with Crippen molar-refractivity contribution in [1.82, 2.24) is 0 Å². The van der Waals surface area contributed by atoms with Crippen molar-refractivity contribution in [3.63, 3.8) is 0 Å². The second kappa shape index (κ2) is 3.50. The lowest BCUT2D eigenvalue weighted by molar-refractivity contribution is 1.28. The zero-order valence-electron chi connectivity index (χ0n) is 5.54. The maximum absolute atomic E-state index is 8.34. The minimum atomic E-state index is 0.475. The third-order valence-corrected chi connectivity index (χ3v) is 1.18. The molecule has 0 saturated heterocycles. The Balaban J connectivity index is 2.74. The lowest BCUT2D eigenvalue weighted by atomic mass is 10.2. The Labute approximate surface area is 60.3 Å². The second-order valence-electron chi connectivity index (χ2n) is 1.94. The first-order chi connectivity index (χ1) is 4.93. The minimum Gasteiger partial charge on any atom is -0.198 e. The van der Waals surface area contributed by atoms with Gasteiger partial charge in [0.05, 0.1) is 12.5 Å². The molecule has 0 N–H and O–H groups in total. The second-order valence-corrected chi connectivity index (χ2v) is 1.94. The first kappa shape index (κ1) is 6.61. The molecule has 1 heteroatoms. The highest BCUT2D eigenvalue weighted by atomic mass is 14.2. The topological polar surface area (TPSA) is 23.8 Å². The van der Waals surface area contributed by atoms with E-state index in [1.54, 1.807) is 0 Å². The molecule has 0 spiro atoms. The summed E-state index contributed by atoms with van der Waals surface area (Å²) in [5.41, 5.74) is 3.94. The fraction of sp³-hybridized carbons (Fsp3) is 0.111. The Morgan fingerprint density at radius 1 is 1.50 bits per heavy atom. The van der Waals surface area contributed by atoms with Crippen LogP contribution >= 0.6 is 0 Å². The van der Waals surface area contributed by atoms with Crippen molar-refractivity contribution < 1.29 is 0 Å². The summed E-state index contributed by atoms with van der Waals surface area (Å²) < 4.78 is 0. The summed E-state index contributed by atoms with van der Waals surface area (Å²) in [5.74, 6) is 0. The van der Waals surface area contributed by atoms with Gasteiger partial charge in [-0.05, 0) is 17.7 Å². The Morgan fingerprint density at radius 2 is 2.40 bits per heavy atom. The molecule has 0 amide bonds. The lowest BCUT2D eigenvalue weighted by Gasteiger charge is -1.87. The van der Waals surface area contributed by atoms with Gasteiger partial charge in [-0.2, -0.15) is 5.26 Å². The highest BCUT2D eigenvalue weighted by Crippen LogP contribution is 2.04. The van der Waals surface area contributed by atoms with E-state index in [4.69, 9.17) is 5.26 Å². The van der Waals surface area contributed by atoms with Crippen molar-refractivity contribution in [2.24, 2.45) is 0 Å². The normalized spacial score (nSPS) is 14.1. The third kappa shape index (κ3) is 1.78. The molecule has 0 aromatic heterocycles. The number of nitrogens with zero attached hydrogens (tertiary/aromatic N) is 1. The van der Waals surface area contributed by atoms with Crippen LogP contribution in [0.25, 0.3) is 0 Å². The molecule has 0 aliphatic heterocycles. The molecule has 0 atom stereocenters. The van der Waals surface area contributed by atoms with E-state index in [1.165, 1.54) is 0 Å².